The zero-order chi connectivity index (χ0) is 13.0. The number of rotatable bonds is 3. The maximum Gasteiger partial charge on any atom is 0.330 e. The Bertz CT molecular complexity index is 497. The highest BCUT2D eigenvalue weighted by Crippen LogP contribution is 2.26. The van der Waals surface area contributed by atoms with Crippen LogP contribution in [0.25, 0.3) is 6.08 Å². The number of nitro groups is 1. The molecule has 1 rings (SSSR count). The number of nitrogens with two attached hydrogens (primary N) is 1. The molecular formula is C10H11N3O4. The third-order valence-corrected chi connectivity index (χ3v) is 2.16. The Hall–Kier alpha value is -2.44. The van der Waals surface area contributed by atoms with E-state index in [4.69, 9.17) is 5.73 Å². The summed E-state index contributed by atoms with van der Waals surface area (Å²) in [6.07, 6.45) is 3.90. The van der Waals surface area contributed by atoms with Crippen LogP contribution in [0.5, 0.6) is 0 Å². The number of hydrogen-bond donors (Lipinski definition) is 1. The second kappa shape index (κ2) is 5.06. The second-order valence-electron chi connectivity index (χ2n) is 3.19. The van der Waals surface area contributed by atoms with Crippen LogP contribution >= 0.6 is 0 Å². The van der Waals surface area contributed by atoms with E-state index in [9.17, 15) is 14.9 Å². The van der Waals surface area contributed by atoms with Crippen molar-refractivity contribution in [3.63, 3.8) is 0 Å². The number of pyridine rings is 1. The van der Waals surface area contributed by atoms with Crippen molar-refractivity contribution >= 4 is 23.6 Å². The summed E-state index contributed by atoms with van der Waals surface area (Å²) in [7, 11) is 1.24. The van der Waals surface area contributed by atoms with Crippen LogP contribution in [0.2, 0.25) is 0 Å². The average Bonchev–Trinajstić information content (AvgIpc) is 2.27. The zero-order valence-corrected chi connectivity index (χ0v) is 9.34. The first-order chi connectivity index (χ1) is 7.97. The Balaban J connectivity index is 3.20. The van der Waals surface area contributed by atoms with Crippen molar-refractivity contribution in [1.82, 2.24) is 4.98 Å². The lowest BCUT2D eigenvalue weighted by atomic mass is 10.1. The maximum absolute atomic E-state index is 10.9. The van der Waals surface area contributed by atoms with Crippen LogP contribution < -0.4 is 5.73 Å². The van der Waals surface area contributed by atoms with Crippen LogP contribution in [0, 0.1) is 17.0 Å². The molecule has 0 atom stereocenters. The van der Waals surface area contributed by atoms with E-state index in [1.54, 1.807) is 0 Å². The highest BCUT2D eigenvalue weighted by molar-refractivity contribution is 5.87. The van der Waals surface area contributed by atoms with Gasteiger partial charge in [0.25, 0.3) is 0 Å². The Labute approximate surface area is 97.1 Å². The van der Waals surface area contributed by atoms with Crippen molar-refractivity contribution < 1.29 is 14.5 Å². The van der Waals surface area contributed by atoms with Crippen molar-refractivity contribution in [1.29, 1.82) is 0 Å². The van der Waals surface area contributed by atoms with E-state index < -0.39 is 10.9 Å². The zero-order valence-electron chi connectivity index (χ0n) is 9.34. The fourth-order valence-electron chi connectivity index (χ4n) is 1.25. The molecule has 0 bridgehead atoms. The molecule has 1 aromatic heterocycles. The standard InChI is InChI=1S/C10H11N3O4/c1-6-7(3-4-8(14)17-2)5-12-10(11)9(6)13(15)16/h3-5H,1-2H3,(H2,11,12). The normalized spacial score (nSPS) is 10.5. The molecule has 7 nitrogen and oxygen atoms in total. The average molecular weight is 237 g/mol. The van der Waals surface area contributed by atoms with Gasteiger partial charge in [0.2, 0.25) is 5.82 Å². The van der Waals surface area contributed by atoms with Gasteiger partial charge in [0.1, 0.15) is 0 Å². The molecule has 1 heterocycles. The van der Waals surface area contributed by atoms with Gasteiger partial charge in [-0.15, -0.1) is 0 Å². The maximum atomic E-state index is 10.9. The topological polar surface area (TPSA) is 108 Å². The summed E-state index contributed by atoms with van der Waals surface area (Å²) in [6.45, 7) is 1.53. The van der Waals surface area contributed by atoms with Crippen LogP contribution in [0.3, 0.4) is 0 Å². The molecule has 2 N–H and O–H groups in total. The number of carbonyl (C=O) groups is 1. The molecular weight excluding hydrogens is 226 g/mol. The first-order valence-electron chi connectivity index (χ1n) is 4.63. The number of hydrogen-bond acceptors (Lipinski definition) is 6. The quantitative estimate of drug-likeness (QED) is 0.364. The SMILES string of the molecule is COC(=O)C=Cc1cnc(N)c([N+](=O)[O-])c1C. The van der Waals surface area contributed by atoms with Crippen molar-refractivity contribution in [2.75, 3.05) is 12.8 Å². The van der Waals surface area contributed by atoms with Gasteiger partial charge < -0.3 is 10.5 Å². The summed E-state index contributed by atoms with van der Waals surface area (Å²) in [5, 5.41) is 10.8. The lowest BCUT2D eigenvalue weighted by molar-refractivity contribution is -0.384. The number of anilines is 1. The number of nitrogens with zero attached hydrogens (tertiary/aromatic N) is 2. The van der Waals surface area contributed by atoms with Gasteiger partial charge in [-0.25, -0.2) is 9.78 Å². The summed E-state index contributed by atoms with van der Waals surface area (Å²) in [4.78, 5) is 24.7. The first-order valence-corrected chi connectivity index (χ1v) is 4.63. The molecule has 90 valence electrons. The number of nitrogen functional groups attached to an aromatic ring is 1. The molecule has 0 unspecified atom stereocenters. The Kier molecular flexibility index (Phi) is 3.76. The molecule has 1 aromatic rings. The molecule has 0 amide bonds. The highest BCUT2D eigenvalue weighted by Gasteiger charge is 2.18. The molecule has 0 saturated carbocycles. The van der Waals surface area contributed by atoms with Gasteiger partial charge >= 0.3 is 11.7 Å². The van der Waals surface area contributed by atoms with E-state index in [1.165, 1.54) is 26.3 Å². The number of carbonyl (C=O) groups excluding carboxylic acids is 1. The summed E-state index contributed by atoms with van der Waals surface area (Å²) >= 11 is 0. The third kappa shape index (κ3) is 2.77. The number of aromatic nitrogens is 1. The van der Waals surface area contributed by atoms with E-state index in [0.717, 1.165) is 6.08 Å². The minimum atomic E-state index is -0.604. The summed E-state index contributed by atoms with van der Waals surface area (Å²) in [6, 6.07) is 0. The first kappa shape index (κ1) is 12.6. The van der Waals surface area contributed by atoms with Crippen LogP contribution in [0.15, 0.2) is 12.3 Å². The van der Waals surface area contributed by atoms with E-state index in [0.29, 0.717) is 11.1 Å². The Morgan fingerprint density at radius 2 is 2.29 bits per heavy atom. The van der Waals surface area contributed by atoms with Gasteiger partial charge in [0.15, 0.2) is 0 Å². The monoisotopic (exact) mass is 237 g/mol. The Morgan fingerprint density at radius 1 is 1.65 bits per heavy atom. The molecule has 0 aliphatic carbocycles. The molecule has 0 aliphatic heterocycles. The number of methoxy groups -OCH3 is 1. The fourth-order valence-corrected chi connectivity index (χ4v) is 1.25. The van der Waals surface area contributed by atoms with Gasteiger partial charge in [-0.05, 0) is 13.0 Å². The van der Waals surface area contributed by atoms with Crippen LogP contribution in [0.1, 0.15) is 11.1 Å². The number of esters is 1. The molecule has 17 heavy (non-hydrogen) atoms. The minimum Gasteiger partial charge on any atom is -0.466 e. The molecule has 0 radical (unpaired) electrons. The van der Waals surface area contributed by atoms with Crippen molar-refractivity contribution in [3.05, 3.63) is 33.5 Å². The largest absolute Gasteiger partial charge is 0.466 e. The van der Waals surface area contributed by atoms with Gasteiger partial charge in [0, 0.05) is 23.4 Å². The lowest BCUT2D eigenvalue weighted by Gasteiger charge is -2.03. The molecule has 0 saturated heterocycles. The molecule has 0 spiro atoms. The second-order valence-corrected chi connectivity index (χ2v) is 3.19. The van der Waals surface area contributed by atoms with Crippen molar-refractivity contribution in [2.24, 2.45) is 0 Å². The third-order valence-electron chi connectivity index (χ3n) is 2.16. The molecule has 0 fully saturated rings. The fraction of sp³-hybridized carbons (Fsp3) is 0.200. The highest BCUT2D eigenvalue weighted by atomic mass is 16.6. The predicted molar refractivity (Wildman–Crippen MR) is 61.1 cm³/mol. The summed E-state index contributed by atoms with van der Waals surface area (Å²) in [5.74, 6) is -0.702. The van der Waals surface area contributed by atoms with E-state index in [2.05, 4.69) is 9.72 Å². The smallest absolute Gasteiger partial charge is 0.330 e. The van der Waals surface area contributed by atoms with E-state index in [1.807, 2.05) is 0 Å². The summed E-state index contributed by atoms with van der Waals surface area (Å²) < 4.78 is 4.41. The van der Waals surface area contributed by atoms with Crippen molar-refractivity contribution in [3.8, 4) is 0 Å². The van der Waals surface area contributed by atoms with Gasteiger partial charge in [-0.2, -0.15) is 0 Å². The minimum absolute atomic E-state index is 0.150. The van der Waals surface area contributed by atoms with Crippen molar-refractivity contribution in [2.45, 2.75) is 6.92 Å². The van der Waals surface area contributed by atoms with Gasteiger partial charge in [-0.1, -0.05) is 0 Å². The van der Waals surface area contributed by atoms with Crippen LogP contribution in [0.4, 0.5) is 11.5 Å². The predicted octanol–water partition coefficient (Wildman–Crippen LogP) is 1.07. The van der Waals surface area contributed by atoms with Crippen LogP contribution in [-0.2, 0) is 9.53 Å². The van der Waals surface area contributed by atoms with Gasteiger partial charge in [0.05, 0.1) is 12.0 Å². The molecule has 0 aromatic carbocycles. The van der Waals surface area contributed by atoms with Gasteiger partial charge in [-0.3, -0.25) is 10.1 Å². The van der Waals surface area contributed by atoms with E-state index in [-0.39, 0.29) is 11.5 Å². The van der Waals surface area contributed by atoms with Crippen LogP contribution in [-0.4, -0.2) is 23.0 Å². The number of ether oxygens (including phenoxy) is 1. The Morgan fingerprint density at radius 3 is 2.82 bits per heavy atom. The lowest BCUT2D eigenvalue weighted by Crippen LogP contribution is -2.02. The molecule has 7 heteroatoms. The summed E-state index contributed by atoms with van der Waals surface area (Å²) in [5.41, 5.74) is 5.94. The molecule has 0 aliphatic rings. The van der Waals surface area contributed by atoms with E-state index >= 15 is 0 Å².